The monoisotopic (exact) mass is 300 g/mol. The van der Waals surface area contributed by atoms with Gasteiger partial charge in [0.1, 0.15) is 4.60 Å². The fraction of sp³-hybridized carbons (Fsp3) is 0.500. The van der Waals surface area contributed by atoms with Crippen molar-refractivity contribution in [1.82, 2.24) is 10.3 Å². The Kier molecular flexibility index (Phi) is 6.15. The highest BCUT2D eigenvalue weighted by molar-refractivity contribution is 9.10. The number of aromatic nitrogens is 1. The number of hydrogen-bond donors (Lipinski definition) is 2. The first-order valence-corrected chi connectivity index (χ1v) is 6.47. The van der Waals surface area contributed by atoms with Crippen LogP contribution in [0.3, 0.4) is 0 Å². The molecule has 17 heavy (non-hydrogen) atoms. The Morgan fingerprint density at radius 3 is 3.00 bits per heavy atom. The highest BCUT2D eigenvalue weighted by Crippen LogP contribution is 2.12. The van der Waals surface area contributed by atoms with E-state index < -0.39 is 0 Å². The molecule has 0 spiro atoms. The zero-order valence-electron chi connectivity index (χ0n) is 9.82. The Morgan fingerprint density at radius 1 is 1.65 bits per heavy atom. The maximum absolute atomic E-state index is 11.8. The average Bonchev–Trinajstić information content (AvgIpc) is 2.34. The lowest BCUT2D eigenvalue weighted by Gasteiger charge is -2.14. The summed E-state index contributed by atoms with van der Waals surface area (Å²) < 4.78 is 0.549. The van der Waals surface area contributed by atoms with Crippen LogP contribution in [0.25, 0.3) is 0 Å². The van der Waals surface area contributed by atoms with Crippen molar-refractivity contribution < 1.29 is 9.90 Å². The molecule has 4 nitrogen and oxygen atoms in total. The highest BCUT2D eigenvalue weighted by Gasteiger charge is 2.12. The van der Waals surface area contributed by atoms with E-state index in [1.807, 2.05) is 6.92 Å². The van der Waals surface area contributed by atoms with Crippen LogP contribution in [0, 0.1) is 5.92 Å². The van der Waals surface area contributed by atoms with Gasteiger partial charge in [-0.05, 0) is 40.4 Å². The summed E-state index contributed by atoms with van der Waals surface area (Å²) in [5.41, 5.74) is 0.534. The number of amides is 1. The molecule has 1 unspecified atom stereocenters. The molecule has 0 aliphatic heterocycles. The van der Waals surface area contributed by atoms with Gasteiger partial charge >= 0.3 is 0 Å². The summed E-state index contributed by atoms with van der Waals surface area (Å²) in [6, 6.07) is 3.45. The van der Waals surface area contributed by atoms with Crippen LogP contribution in [0.4, 0.5) is 0 Å². The first-order valence-electron chi connectivity index (χ1n) is 5.68. The van der Waals surface area contributed by atoms with Crippen molar-refractivity contribution in [3.63, 3.8) is 0 Å². The average molecular weight is 301 g/mol. The molecule has 94 valence electrons. The maximum atomic E-state index is 11.8. The van der Waals surface area contributed by atoms with E-state index in [0.717, 1.165) is 6.42 Å². The van der Waals surface area contributed by atoms with Gasteiger partial charge < -0.3 is 10.4 Å². The van der Waals surface area contributed by atoms with E-state index in [0.29, 0.717) is 29.1 Å². The smallest absolute Gasteiger partial charge is 0.254 e. The molecule has 1 heterocycles. The minimum atomic E-state index is -0.138. The van der Waals surface area contributed by atoms with E-state index in [-0.39, 0.29) is 12.5 Å². The fourth-order valence-corrected chi connectivity index (χ4v) is 1.95. The summed E-state index contributed by atoms with van der Waals surface area (Å²) in [6.45, 7) is 2.79. The van der Waals surface area contributed by atoms with E-state index in [1.54, 1.807) is 18.3 Å². The fourth-order valence-electron chi connectivity index (χ4n) is 1.52. The minimum Gasteiger partial charge on any atom is -0.396 e. The van der Waals surface area contributed by atoms with Crippen LogP contribution < -0.4 is 5.32 Å². The summed E-state index contributed by atoms with van der Waals surface area (Å²) in [7, 11) is 0. The van der Waals surface area contributed by atoms with E-state index in [9.17, 15) is 4.79 Å². The SMILES string of the molecule is CCC(CCO)CNC(=O)c1cccnc1Br. The summed E-state index contributed by atoms with van der Waals surface area (Å²) in [4.78, 5) is 15.8. The van der Waals surface area contributed by atoms with Gasteiger partial charge in [0.05, 0.1) is 5.56 Å². The Balaban J connectivity index is 2.52. The normalized spacial score (nSPS) is 12.2. The molecule has 1 amide bonds. The van der Waals surface area contributed by atoms with Gasteiger partial charge in [-0.3, -0.25) is 4.79 Å². The van der Waals surface area contributed by atoms with Crippen LogP contribution >= 0.6 is 15.9 Å². The van der Waals surface area contributed by atoms with Crippen LogP contribution in [-0.2, 0) is 0 Å². The van der Waals surface area contributed by atoms with E-state index >= 15 is 0 Å². The van der Waals surface area contributed by atoms with Crippen molar-refractivity contribution in [3.05, 3.63) is 28.5 Å². The first kappa shape index (κ1) is 14.1. The molecule has 0 saturated heterocycles. The zero-order chi connectivity index (χ0) is 12.7. The number of aliphatic hydroxyl groups is 1. The largest absolute Gasteiger partial charge is 0.396 e. The predicted molar refractivity (Wildman–Crippen MR) is 69.8 cm³/mol. The summed E-state index contributed by atoms with van der Waals surface area (Å²) in [5.74, 6) is 0.181. The molecular formula is C12H17BrN2O2. The topological polar surface area (TPSA) is 62.2 Å². The Hall–Kier alpha value is -0.940. The third-order valence-corrected chi connectivity index (χ3v) is 3.30. The Bertz CT molecular complexity index is 371. The van der Waals surface area contributed by atoms with E-state index in [4.69, 9.17) is 5.11 Å². The molecule has 0 bridgehead atoms. The molecule has 0 radical (unpaired) electrons. The molecule has 0 aliphatic rings. The van der Waals surface area contributed by atoms with Crippen molar-refractivity contribution in [1.29, 1.82) is 0 Å². The molecule has 1 rings (SSSR count). The standard InChI is InChI=1S/C12H17BrN2O2/c1-2-9(5-7-16)8-15-12(17)10-4-3-6-14-11(10)13/h3-4,6,9,16H,2,5,7-8H2,1H3,(H,15,17). The second-order valence-electron chi connectivity index (χ2n) is 3.84. The summed E-state index contributed by atoms with van der Waals surface area (Å²) >= 11 is 3.24. The number of aliphatic hydroxyl groups excluding tert-OH is 1. The van der Waals surface area contributed by atoms with Crippen molar-refractivity contribution in [2.75, 3.05) is 13.2 Å². The van der Waals surface area contributed by atoms with Crippen LogP contribution in [0.2, 0.25) is 0 Å². The van der Waals surface area contributed by atoms with Crippen molar-refractivity contribution in [2.45, 2.75) is 19.8 Å². The third kappa shape index (κ3) is 4.44. The lowest BCUT2D eigenvalue weighted by atomic mass is 10.0. The second-order valence-corrected chi connectivity index (χ2v) is 4.59. The lowest BCUT2D eigenvalue weighted by molar-refractivity contribution is 0.0942. The molecule has 1 aromatic heterocycles. The quantitative estimate of drug-likeness (QED) is 0.790. The number of pyridine rings is 1. The van der Waals surface area contributed by atoms with Gasteiger partial charge in [-0.1, -0.05) is 13.3 Å². The van der Waals surface area contributed by atoms with Gasteiger partial charge in [0.2, 0.25) is 0 Å². The Morgan fingerprint density at radius 2 is 2.41 bits per heavy atom. The number of hydrogen-bond acceptors (Lipinski definition) is 3. The predicted octanol–water partition coefficient (Wildman–Crippen LogP) is 1.98. The van der Waals surface area contributed by atoms with Crippen molar-refractivity contribution in [2.24, 2.45) is 5.92 Å². The molecular weight excluding hydrogens is 284 g/mol. The molecule has 0 aliphatic carbocycles. The number of carbonyl (C=O) groups excluding carboxylic acids is 1. The Labute approximate surface area is 110 Å². The van der Waals surface area contributed by atoms with Gasteiger partial charge in [0.25, 0.3) is 5.91 Å². The van der Waals surface area contributed by atoms with Crippen LogP contribution in [0.15, 0.2) is 22.9 Å². The maximum Gasteiger partial charge on any atom is 0.254 e. The van der Waals surface area contributed by atoms with Crippen molar-refractivity contribution in [3.8, 4) is 0 Å². The summed E-state index contributed by atoms with van der Waals surface area (Å²) in [5, 5.41) is 11.7. The molecule has 0 aromatic carbocycles. The van der Waals surface area contributed by atoms with Gasteiger partial charge in [0.15, 0.2) is 0 Å². The van der Waals surface area contributed by atoms with E-state index in [2.05, 4.69) is 26.2 Å². The number of carbonyl (C=O) groups is 1. The number of rotatable bonds is 6. The molecule has 0 saturated carbocycles. The van der Waals surface area contributed by atoms with Crippen LogP contribution in [-0.4, -0.2) is 29.1 Å². The van der Waals surface area contributed by atoms with Gasteiger partial charge in [0, 0.05) is 19.3 Å². The molecule has 0 fully saturated rings. The number of nitrogens with zero attached hydrogens (tertiary/aromatic N) is 1. The van der Waals surface area contributed by atoms with E-state index in [1.165, 1.54) is 0 Å². The van der Waals surface area contributed by atoms with Crippen molar-refractivity contribution >= 4 is 21.8 Å². The lowest BCUT2D eigenvalue weighted by Crippen LogP contribution is -2.29. The summed E-state index contributed by atoms with van der Waals surface area (Å²) in [6.07, 6.45) is 3.28. The first-order chi connectivity index (χ1) is 8.19. The van der Waals surface area contributed by atoms with Crippen LogP contribution in [0.1, 0.15) is 30.1 Å². The molecule has 1 atom stereocenters. The molecule has 2 N–H and O–H groups in total. The number of halogens is 1. The highest BCUT2D eigenvalue weighted by atomic mass is 79.9. The molecule has 1 aromatic rings. The molecule has 5 heteroatoms. The van der Waals surface area contributed by atoms with Gasteiger partial charge in [-0.15, -0.1) is 0 Å². The third-order valence-electron chi connectivity index (χ3n) is 2.67. The van der Waals surface area contributed by atoms with Gasteiger partial charge in [-0.25, -0.2) is 4.98 Å². The zero-order valence-corrected chi connectivity index (χ0v) is 11.4. The minimum absolute atomic E-state index is 0.138. The second kappa shape index (κ2) is 7.40. The number of nitrogens with one attached hydrogen (secondary N) is 1. The van der Waals surface area contributed by atoms with Gasteiger partial charge in [-0.2, -0.15) is 0 Å². The van der Waals surface area contributed by atoms with Crippen LogP contribution in [0.5, 0.6) is 0 Å².